The quantitative estimate of drug-likeness (QED) is 0.465. The SMILES string of the molecule is C[C@@H]1O[C@@H](Cl)C[C@H](NC(=O)C(F)(F)F)[C@H]1OC(=O)C(F)(F)F. The lowest BCUT2D eigenvalue weighted by molar-refractivity contribution is -0.217. The van der Waals surface area contributed by atoms with Gasteiger partial charge in [0.25, 0.3) is 0 Å². The van der Waals surface area contributed by atoms with Crippen molar-refractivity contribution in [2.24, 2.45) is 0 Å². The zero-order chi connectivity index (χ0) is 17.3. The summed E-state index contributed by atoms with van der Waals surface area (Å²) in [6.45, 7) is 1.15. The molecule has 1 amide bonds. The molecule has 1 heterocycles. The number of hydrogen-bond acceptors (Lipinski definition) is 4. The van der Waals surface area contributed by atoms with E-state index < -0.39 is 54.5 Å². The molecule has 0 aromatic heterocycles. The Hall–Kier alpha value is -1.23. The van der Waals surface area contributed by atoms with Gasteiger partial charge in [-0.3, -0.25) is 4.79 Å². The third-order valence-electron chi connectivity index (χ3n) is 2.71. The van der Waals surface area contributed by atoms with Crippen molar-refractivity contribution in [1.29, 1.82) is 0 Å². The molecule has 0 aromatic rings. The van der Waals surface area contributed by atoms with Gasteiger partial charge in [0.05, 0.1) is 12.1 Å². The number of carbonyl (C=O) groups is 2. The predicted octanol–water partition coefficient (Wildman–Crippen LogP) is 1.88. The van der Waals surface area contributed by atoms with Crippen LogP contribution in [0.2, 0.25) is 0 Å². The molecular formula is C10H10ClF6NO4. The molecule has 0 bridgehead atoms. The second-order valence-corrected chi connectivity index (χ2v) is 4.92. The first-order chi connectivity index (χ1) is 9.82. The van der Waals surface area contributed by atoms with Crippen LogP contribution in [0.1, 0.15) is 13.3 Å². The summed E-state index contributed by atoms with van der Waals surface area (Å²) in [6.07, 6.45) is -14.1. The van der Waals surface area contributed by atoms with E-state index in [1.165, 1.54) is 5.32 Å². The van der Waals surface area contributed by atoms with Crippen LogP contribution in [-0.4, -0.2) is 48.0 Å². The standard InChI is InChI=1S/C10H10ClF6NO4/c1-3-6(22-8(20)10(15,16)17)4(2-5(11)21-3)18-7(19)9(12,13)14/h3-6H,2H2,1H3,(H,18,19)/t3-,4-,5+,6-/m0/s1. The minimum atomic E-state index is -5.34. The van der Waals surface area contributed by atoms with Crippen molar-refractivity contribution in [2.45, 2.75) is 49.5 Å². The molecular weight excluding hydrogens is 348 g/mol. The molecule has 5 nitrogen and oxygen atoms in total. The molecule has 22 heavy (non-hydrogen) atoms. The van der Waals surface area contributed by atoms with Crippen LogP contribution in [0.4, 0.5) is 26.3 Å². The van der Waals surface area contributed by atoms with Crippen LogP contribution < -0.4 is 5.32 Å². The summed E-state index contributed by atoms with van der Waals surface area (Å²) in [5.74, 6) is -4.99. The molecule has 1 saturated heterocycles. The molecule has 0 aromatic carbocycles. The predicted molar refractivity (Wildman–Crippen MR) is 58.7 cm³/mol. The van der Waals surface area contributed by atoms with Gasteiger partial charge in [0.15, 0.2) is 0 Å². The van der Waals surface area contributed by atoms with Gasteiger partial charge in [0.1, 0.15) is 11.7 Å². The maximum atomic E-state index is 12.2. The van der Waals surface area contributed by atoms with Crippen molar-refractivity contribution in [2.75, 3.05) is 0 Å². The Balaban J connectivity index is 2.88. The molecule has 4 atom stereocenters. The van der Waals surface area contributed by atoms with Crippen molar-refractivity contribution in [3.8, 4) is 0 Å². The van der Waals surface area contributed by atoms with E-state index in [1.807, 2.05) is 0 Å². The van der Waals surface area contributed by atoms with Gasteiger partial charge in [-0.15, -0.1) is 0 Å². The van der Waals surface area contributed by atoms with Crippen molar-refractivity contribution in [3.63, 3.8) is 0 Å². The fourth-order valence-corrected chi connectivity index (χ4v) is 2.14. The Morgan fingerprint density at radius 3 is 2.18 bits per heavy atom. The van der Waals surface area contributed by atoms with Gasteiger partial charge in [0, 0.05) is 6.42 Å². The number of rotatable bonds is 2. The molecule has 0 aliphatic carbocycles. The average Bonchev–Trinajstić information content (AvgIpc) is 2.30. The maximum absolute atomic E-state index is 12.2. The first-order valence-corrected chi connectivity index (χ1v) is 6.21. The van der Waals surface area contributed by atoms with Gasteiger partial charge in [-0.2, -0.15) is 26.3 Å². The number of amides is 1. The summed E-state index contributed by atoms with van der Waals surface area (Å²) in [4.78, 5) is 21.7. The second kappa shape index (κ2) is 6.49. The van der Waals surface area contributed by atoms with Gasteiger partial charge in [0.2, 0.25) is 0 Å². The number of alkyl halides is 7. The third-order valence-corrected chi connectivity index (χ3v) is 2.99. The van der Waals surface area contributed by atoms with Crippen LogP contribution >= 0.6 is 11.6 Å². The third kappa shape index (κ3) is 4.90. The van der Waals surface area contributed by atoms with Crippen molar-refractivity contribution < 1.29 is 45.4 Å². The number of esters is 1. The summed E-state index contributed by atoms with van der Waals surface area (Å²) in [5.41, 5.74) is -1.16. The van der Waals surface area contributed by atoms with Gasteiger partial charge in [-0.05, 0) is 6.92 Å². The Bertz CT molecular complexity index is 440. The van der Waals surface area contributed by atoms with Crippen LogP contribution in [0.5, 0.6) is 0 Å². The Morgan fingerprint density at radius 2 is 1.73 bits per heavy atom. The summed E-state index contributed by atoms with van der Waals surface area (Å²) in [5, 5.41) is 1.45. The van der Waals surface area contributed by atoms with Crippen molar-refractivity contribution >= 4 is 23.5 Å². The van der Waals surface area contributed by atoms with E-state index in [0.29, 0.717) is 0 Å². The van der Waals surface area contributed by atoms with Crippen molar-refractivity contribution in [1.82, 2.24) is 5.32 Å². The molecule has 1 aliphatic heterocycles. The van der Waals surface area contributed by atoms with Gasteiger partial charge < -0.3 is 14.8 Å². The first kappa shape index (κ1) is 18.8. The molecule has 0 unspecified atom stereocenters. The van der Waals surface area contributed by atoms with E-state index >= 15 is 0 Å². The minimum Gasteiger partial charge on any atom is -0.451 e. The van der Waals surface area contributed by atoms with Crippen LogP contribution in [0.25, 0.3) is 0 Å². The van der Waals surface area contributed by atoms with E-state index in [4.69, 9.17) is 16.3 Å². The Morgan fingerprint density at radius 1 is 1.18 bits per heavy atom. The van der Waals surface area contributed by atoms with Crippen LogP contribution in [0, 0.1) is 0 Å². The normalized spacial score (nSPS) is 29.8. The topological polar surface area (TPSA) is 64.6 Å². The molecule has 128 valence electrons. The van der Waals surface area contributed by atoms with Gasteiger partial charge in [-0.1, -0.05) is 11.6 Å². The number of halogens is 7. The zero-order valence-electron chi connectivity index (χ0n) is 10.8. The second-order valence-electron chi connectivity index (χ2n) is 4.43. The number of hydrogen-bond donors (Lipinski definition) is 1. The Labute approximate surface area is 124 Å². The molecule has 1 aliphatic rings. The van der Waals surface area contributed by atoms with E-state index in [-0.39, 0.29) is 0 Å². The lowest BCUT2D eigenvalue weighted by atomic mass is 10.00. The van der Waals surface area contributed by atoms with E-state index in [9.17, 15) is 35.9 Å². The molecule has 1 N–H and O–H groups in total. The van der Waals surface area contributed by atoms with Crippen LogP contribution in [0.3, 0.4) is 0 Å². The van der Waals surface area contributed by atoms with Crippen molar-refractivity contribution in [3.05, 3.63) is 0 Å². The lowest BCUT2D eigenvalue weighted by Gasteiger charge is -2.38. The fourth-order valence-electron chi connectivity index (χ4n) is 1.79. The summed E-state index contributed by atoms with van der Waals surface area (Å²) in [7, 11) is 0. The summed E-state index contributed by atoms with van der Waals surface area (Å²) >= 11 is 5.58. The highest BCUT2D eigenvalue weighted by molar-refractivity contribution is 6.19. The fraction of sp³-hybridized carbons (Fsp3) is 0.800. The molecule has 0 saturated carbocycles. The number of ether oxygens (including phenoxy) is 2. The smallest absolute Gasteiger partial charge is 0.451 e. The largest absolute Gasteiger partial charge is 0.490 e. The van der Waals surface area contributed by atoms with Gasteiger partial charge >= 0.3 is 24.2 Å². The highest BCUT2D eigenvalue weighted by atomic mass is 35.5. The van der Waals surface area contributed by atoms with E-state index in [0.717, 1.165) is 6.92 Å². The van der Waals surface area contributed by atoms with E-state index in [2.05, 4.69) is 4.74 Å². The molecule has 1 rings (SSSR count). The lowest BCUT2D eigenvalue weighted by Crippen LogP contribution is -2.58. The Kier molecular flexibility index (Phi) is 5.55. The minimum absolute atomic E-state index is 0.469. The monoisotopic (exact) mass is 357 g/mol. The zero-order valence-corrected chi connectivity index (χ0v) is 11.6. The summed E-state index contributed by atoms with van der Waals surface area (Å²) in [6, 6.07) is -1.58. The molecule has 0 spiro atoms. The molecule has 12 heteroatoms. The first-order valence-electron chi connectivity index (χ1n) is 5.77. The molecule has 0 radical (unpaired) electrons. The van der Waals surface area contributed by atoms with Crippen LogP contribution in [-0.2, 0) is 19.1 Å². The number of carbonyl (C=O) groups excluding carboxylic acids is 2. The molecule has 1 fully saturated rings. The maximum Gasteiger partial charge on any atom is 0.490 e. The average molecular weight is 358 g/mol. The summed E-state index contributed by atoms with van der Waals surface area (Å²) < 4.78 is 82.2. The highest BCUT2D eigenvalue weighted by Crippen LogP contribution is 2.28. The van der Waals surface area contributed by atoms with Crippen LogP contribution in [0.15, 0.2) is 0 Å². The number of nitrogens with one attached hydrogen (secondary N) is 1. The van der Waals surface area contributed by atoms with E-state index in [1.54, 1.807) is 0 Å². The highest BCUT2D eigenvalue weighted by Gasteiger charge is 2.48. The van der Waals surface area contributed by atoms with Gasteiger partial charge in [-0.25, -0.2) is 4.79 Å².